The van der Waals surface area contributed by atoms with Gasteiger partial charge in [-0.05, 0) is 61.4 Å². The Balaban J connectivity index is 1.58. The molecule has 28 heavy (non-hydrogen) atoms. The zero-order valence-electron chi connectivity index (χ0n) is 16.0. The maximum Gasteiger partial charge on any atom is 0.254 e. The summed E-state index contributed by atoms with van der Waals surface area (Å²) in [7, 11) is 2.89. The van der Waals surface area contributed by atoms with Crippen LogP contribution in [0.15, 0.2) is 36.4 Å². The van der Waals surface area contributed by atoms with Gasteiger partial charge in [0.1, 0.15) is 5.82 Å². The van der Waals surface area contributed by atoms with Crippen molar-refractivity contribution in [3.8, 4) is 17.2 Å². The number of fused-ring (bicyclic) bond motifs is 2. The molecule has 6 heteroatoms. The van der Waals surface area contributed by atoms with Crippen LogP contribution in [0.25, 0.3) is 0 Å². The number of aromatic hydroxyl groups is 1. The van der Waals surface area contributed by atoms with Gasteiger partial charge in [0.2, 0.25) is 5.75 Å². The Bertz CT molecular complexity index is 844. The summed E-state index contributed by atoms with van der Waals surface area (Å²) in [4.78, 5) is 15.3. The molecule has 0 saturated carbocycles. The summed E-state index contributed by atoms with van der Waals surface area (Å²) in [6, 6.07) is 10.2. The van der Waals surface area contributed by atoms with Gasteiger partial charge in [-0.3, -0.25) is 4.79 Å². The van der Waals surface area contributed by atoms with Gasteiger partial charge in [-0.2, -0.15) is 0 Å². The Morgan fingerprint density at radius 1 is 1.04 bits per heavy atom. The Kier molecular flexibility index (Phi) is 4.87. The first-order valence-corrected chi connectivity index (χ1v) is 9.55. The maximum absolute atomic E-state index is 13.3. The lowest BCUT2D eigenvalue weighted by Crippen LogP contribution is -2.46. The fourth-order valence-corrected chi connectivity index (χ4v) is 4.68. The molecule has 2 aliphatic heterocycles. The number of halogens is 1. The number of hydrogen-bond donors (Lipinski definition) is 1. The van der Waals surface area contributed by atoms with Crippen molar-refractivity contribution in [3.63, 3.8) is 0 Å². The largest absolute Gasteiger partial charge is 0.502 e. The number of phenolic OH excluding ortho intramolecular Hbond substituents is 1. The van der Waals surface area contributed by atoms with E-state index in [1.165, 1.54) is 26.4 Å². The van der Waals surface area contributed by atoms with E-state index in [0.29, 0.717) is 11.5 Å². The zero-order chi connectivity index (χ0) is 19.8. The molecular weight excluding hydrogens is 361 g/mol. The van der Waals surface area contributed by atoms with Crippen LogP contribution in [0.4, 0.5) is 4.39 Å². The van der Waals surface area contributed by atoms with Crippen LogP contribution < -0.4 is 9.47 Å². The van der Waals surface area contributed by atoms with Crippen LogP contribution >= 0.6 is 0 Å². The van der Waals surface area contributed by atoms with E-state index in [9.17, 15) is 14.3 Å². The third-order valence-corrected chi connectivity index (χ3v) is 6.04. The second-order valence-electron chi connectivity index (χ2n) is 7.55. The molecule has 1 amide bonds. The topological polar surface area (TPSA) is 59.0 Å². The number of phenols is 1. The van der Waals surface area contributed by atoms with Gasteiger partial charge in [0.25, 0.3) is 5.91 Å². The number of nitrogens with zero attached hydrogens (tertiary/aromatic N) is 1. The number of hydrogen-bond acceptors (Lipinski definition) is 4. The quantitative estimate of drug-likeness (QED) is 0.861. The van der Waals surface area contributed by atoms with E-state index in [4.69, 9.17) is 9.47 Å². The van der Waals surface area contributed by atoms with Crippen LogP contribution in [0.3, 0.4) is 0 Å². The number of ether oxygens (including phenoxy) is 2. The van der Waals surface area contributed by atoms with E-state index in [-0.39, 0.29) is 41.1 Å². The van der Waals surface area contributed by atoms with E-state index in [1.54, 1.807) is 12.1 Å². The molecule has 2 fully saturated rings. The smallest absolute Gasteiger partial charge is 0.254 e. The van der Waals surface area contributed by atoms with Gasteiger partial charge in [-0.1, -0.05) is 12.1 Å². The van der Waals surface area contributed by atoms with Gasteiger partial charge in [0.15, 0.2) is 11.5 Å². The molecule has 2 bridgehead atoms. The Morgan fingerprint density at radius 2 is 1.57 bits per heavy atom. The normalized spacial score (nSPS) is 23.5. The van der Waals surface area contributed by atoms with Crippen molar-refractivity contribution in [1.29, 1.82) is 0 Å². The van der Waals surface area contributed by atoms with Crippen LogP contribution in [-0.2, 0) is 0 Å². The predicted molar refractivity (Wildman–Crippen MR) is 103 cm³/mol. The molecule has 4 rings (SSSR count). The summed E-state index contributed by atoms with van der Waals surface area (Å²) in [5.41, 5.74) is 1.59. The summed E-state index contributed by atoms with van der Waals surface area (Å²) in [5, 5.41) is 10.1. The minimum Gasteiger partial charge on any atom is -0.502 e. The van der Waals surface area contributed by atoms with E-state index in [1.807, 2.05) is 17.0 Å². The molecule has 2 saturated heterocycles. The summed E-state index contributed by atoms with van der Waals surface area (Å²) in [5.74, 6) is 0.370. The van der Waals surface area contributed by atoms with Crippen LogP contribution in [-0.4, -0.2) is 42.2 Å². The second kappa shape index (κ2) is 7.34. The number of carbonyl (C=O) groups excluding carboxylic acids is 1. The Hall–Kier alpha value is -2.76. The molecule has 3 atom stereocenters. The lowest BCUT2D eigenvalue weighted by Gasteiger charge is -2.39. The number of amides is 1. The van der Waals surface area contributed by atoms with Crippen LogP contribution in [0.2, 0.25) is 0 Å². The maximum atomic E-state index is 13.3. The zero-order valence-corrected chi connectivity index (χ0v) is 16.0. The molecule has 0 aliphatic carbocycles. The predicted octanol–water partition coefficient (Wildman–Crippen LogP) is 4.10. The minimum absolute atomic E-state index is 0.0679. The van der Waals surface area contributed by atoms with Gasteiger partial charge in [0.05, 0.1) is 14.2 Å². The van der Waals surface area contributed by atoms with E-state index in [0.717, 1.165) is 31.2 Å². The monoisotopic (exact) mass is 385 g/mol. The lowest BCUT2D eigenvalue weighted by molar-refractivity contribution is 0.0570. The first-order chi connectivity index (χ1) is 13.5. The molecule has 1 N–H and O–H groups in total. The van der Waals surface area contributed by atoms with Gasteiger partial charge >= 0.3 is 0 Å². The first-order valence-electron chi connectivity index (χ1n) is 9.55. The highest BCUT2D eigenvalue weighted by atomic mass is 19.1. The molecular formula is C22H24FNO4. The molecule has 0 spiro atoms. The molecule has 148 valence electrons. The standard InChI is InChI=1S/C22H24FNO4/c1-27-19-11-15(12-20(28-2)21(19)25)22(26)24-17-7-8-18(24)10-14(9-17)13-3-5-16(23)6-4-13/h3-6,11-12,14,17-18,25H,7-10H2,1-2H3/t14?,17-,18+. The molecule has 5 nitrogen and oxygen atoms in total. The molecule has 2 aliphatic rings. The van der Waals surface area contributed by atoms with Crippen molar-refractivity contribution in [2.24, 2.45) is 0 Å². The molecule has 0 aromatic heterocycles. The molecule has 2 aromatic rings. The highest BCUT2D eigenvalue weighted by Crippen LogP contribution is 2.45. The average molecular weight is 385 g/mol. The lowest BCUT2D eigenvalue weighted by atomic mass is 9.84. The summed E-state index contributed by atoms with van der Waals surface area (Å²) in [6.45, 7) is 0. The summed E-state index contributed by atoms with van der Waals surface area (Å²) >= 11 is 0. The number of piperidine rings is 1. The highest BCUT2D eigenvalue weighted by Gasteiger charge is 2.44. The number of rotatable bonds is 4. The van der Waals surface area contributed by atoms with Crippen molar-refractivity contribution >= 4 is 5.91 Å². The van der Waals surface area contributed by atoms with Crippen molar-refractivity contribution in [2.45, 2.75) is 43.7 Å². The fourth-order valence-electron chi connectivity index (χ4n) is 4.68. The van der Waals surface area contributed by atoms with Gasteiger partial charge < -0.3 is 19.5 Å². The van der Waals surface area contributed by atoms with E-state index >= 15 is 0 Å². The highest BCUT2D eigenvalue weighted by molar-refractivity contribution is 5.96. The van der Waals surface area contributed by atoms with Crippen LogP contribution in [0.5, 0.6) is 17.2 Å². The van der Waals surface area contributed by atoms with Crippen molar-refractivity contribution in [2.75, 3.05) is 14.2 Å². The van der Waals surface area contributed by atoms with Gasteiger partial charge in [-0.15, -0.1) is 0 Å². The molecule has 2 heterocycles. The average Bonchev–Trinajstić information content (AvgIpc) is 2.97. The van der Waals surface area contributed by atoms with Gasteiger partial charge in [-0.25, -0.2) is 4.39 Å². The fraction of sp³-hybridized carbons (Fsp3) is 0.409. The van der Waals surface area contributed by atoms with E-state index in [2.05, 4.69) is 0 Å². The van der Waals surface area contributed by atoms with Gasteiger partial charge in [0, 0.05) is 17.6 Å². The number of methoxy groups -OCH3 is 2. The summed E-state index contributed by atoms with van der Waals surface area (Å²) in [6.07, 6.45) is 3.70. The van der Waals surface area contributed by atoms with E-state index < -0.39 is 0 Å². The number of benzene rings is 2. The molecule has 1 unspecified atom stereocenters. The van der Waals surface area contributed by atoms with Crippen molar-refractivity contribution in [1.82, 2.24) is 4.90 Å². The molecule has 2 aromatic carbocycles. The summed E-state index contributed by atoms with van der Waals surface area (Å²) < 4.78 is 23.6. The Labute approximate surface area is 163 Å². The SMILES string of the molecule is COc1cc(C(=O)N2[C@@H]3CC[C@H]2CC(c2ccc(F)cc2)C3)cc(OC)c1O. The Morgan fingerprint density at radius 3 is 2.07 bits per heavy atom. The van der Waals surface area contributed by atoms with Crippen molar-refractivity contribution < 1.29 is 23.8 Å². The van der Waals surface area contributed by atoms with Crippen molar-refractivity contribution in [3.05, 3.63) is 53.3 Å². The number of carbonyl (C=O) groups is 1. The second-order valence-corrected chi connectivity index (χ2v) is 7.55. The van der Waals surface area contributed by atoms with Crippen LogP contribution in [0, 0.1) is 5.82 Å². The molecule has 0 radical (unpaired) electrons. The first kappa shape index (κ1) is 18.6. The third-order valence-electron chi connectivity index (χ3n) is 6.04. The third kappa shape index (κ3) is 3.17. The minimum atomic E-state index is -0.227. The van der Waals surface area contributed by atoms with Crippen LogP contribution in [0.1, 0.15) is 47.5 Å².